The zero-order chi connectivity index (χ0) is 19.2. The lowest BCUT2D eigenvalue weighted by Crippen LogP contribution is -2.10. The van der Waals surface area contributed by atoms with Gasteiger partial charge in [0.1, 0.15) is 0 Å². The number of aromatic nitrogens is 1. The molecule has 0 spiro atoms. The van der Waals surface area contributed by atoms with Gasteiger partial charge in [-0.25, -0.2) is 4.79 Å². The fourth-order valence-electron chi connectivity index (χ4n) is 3.29. The van der Waals surface area contributed by atoms with Crippen molar-refractivity contribution in [1.29, 1.82) is 0 Å². The molecule has 0 fully saturated rings. The van der Waals surface area contributed by atoms with Crippen LogP contribution in [0.1, 0.15) is 47.4 Å². The zero-order valence-corrected chi connectivity index (χ0v) is 15.3. The van der Waals surface area contributed by atoms with E-state index in [4.69, 9.17) is 9.84 Å². The van der Waals surface area contributed by atoms with E-state index < -0.39 is 5.97 Å². The topological polar surface area (TPSA) is 68.5 Å². The third-order valence-corrected chi connectivity index (χ3v) is 4.58. The van der Waals surface area contributed by atoms with Crippen LogP contribution in [-0.2, 0) is 16.0 Å². The Morgan fingerprint density at radius 3 is 2.56 bits per heavy atom. The van der Waals surface area contributed by atoms with Gasteiger partial charge in [-0.3, -0.25) is 4.79 Å². The Kier molecular flexibility index (Phi) is 5.91. The smallest absolute Gasteiger partial charge is 0.338 e. The van der Waals surface area contributed by atoms with Crippen molar-refractivity contribution >= 4 is 11.9 Å². The molecule has 0 saturated carbocycles. The molecule has 0 amide bonds. The molecule has 1 aliphatic carbocycles. The van der Waals surface area contributed by atoms with Gasteiger partial charge in [0.25, 0.3) is 0 Å². The van der Waals surface area contributed by atoms with E-state index in [9.17, 15) is 9.59 Å². The Bertz CT molecular complexity index is 874. The lowest BCUT2D eigenvalue weighted by molar-refractivity contribution is -0.136. The number of carboxylic acid groups (broad SMARTS) is 1. The monoisotopic (exact) mass is 365 g/mol. The maximum absolute atomic E-state index is 11.9. The van der Waals surface area contributed by atoms with E-state index in [1.54, 1.807) is 19.1 Å². The predicted molar refractivity (Wildman–Crippen MR) is 103 cm³/mol. The Morgan fingerprint density at radius 1 is 1.15 bits per heavy atom. The highest BCUT2D eigenvalue weighted by Gasteiger charge is 2.18. The second-order valence-corrected chi connectivity index (χ2v) is 6.40. The number of aryl methyl sites for hydroxylation is 1. The van der Waals surface area contributed by atoms with Crippen LogP contribution in [0.5, 0.6) is 0 Å². The van der Waals surface area contributed by atoms with E-state index in [1.165, 1.54) is 0 Å². The molecule has 1 unspecified atom stereocenters. The van der Waals surface area contributed by atoms with Crippen molar-refractivity contribution in [2.45, 2.75) is 32.1 Å². The van der Waals surface area contributed by atoms with Crippen LogP contribution in [0.2, 0.25) is 0 Å². The first kappa shape index (κ1) is 18.7. The normalized spacial score (nSPS) is 15.7. The third kappa shape index (κ3) is 4.37. The molecule has 3 rings (SSSR count). The number of nitrogens with zero attached hydrogens (tertiary/aromatic N) is 1. The number of hydrogen-bond acceptors (Lipinski definition) is 3. The molecular formula is C22H23NO4. The van der Waals surface area contributed by atoms with E-state index in [-0.39, 0.29) is 18.3 Å². The molecular weight excluding hydrogens is 342 g/mol. The van der Waals surface area contributed by atoms with E-state index in [0.29, 0.717) is 18.6 Å². The van der Waals surface area contributed by atoms with Crippen LogP contribution >= 0.6 is 0 Å². The lowest BCUT2D eigenvalue weighted by atomic mass is 9.97. The standard InChI is InChI=1S/C22H23NO4/c1-2-27-22(26)17-8-10-18(11-9-17)23-19(13-15-21(24)25)12-14-20(23)16-6-4-3-5-7-16/h3-6,8-12,14,16H,2,7,13,15H2,1H3,(H,24,25). The quantitative estimate of drug-likeness (QED) is 0.744. The number of allylic oxidation sites excluding steroid dienone is 4. The molecule has 1 aliphatic rings. The second-order valence-electron chi connectivity index (χ2n) is 6.40. The highest BCUT2D eigenvalue weighted by molar-refractivity contribution is 5.89. The van der Waals surface area contributed by atoms with E-state index in [2.05, 4.69) is 22.8 Å². The second kappa shape index (κ2) is 8.54. The molecule has 1 aromatic heterocycles. The SMILES string of the molecule is CCOC(=O)c1ccc(-n2c(CCC(=O)O)ccc2C2C=CC=CC2)cc1. The molecule has 27 heavy (non-hydrogen) atoms. The predicted octanol–water partition coefficient (Wildman–Crippen LogP) is 4.27. The van der Waals surface area contributed by atoms with Crippen LogP contribution in [0.15, 0.2) is 60.7 Å². The minimum atomic E-state index is -0.817. The van der Waals surface area contributed by atoms with Crippen LogP contribution in [0.25, 0.3) is 5.69 Å². The van der Waals surface area contributed by atoms with Gasteiger partial charge in [0, 0.05) is 23.0 Å². The summed E-state index contributed by atoms with van der Waals surface area (Å²) >= 11 is 0. The Balaban J connectivity index is 1.96. The van der Waals surface area contributed by atoms with Gasteiger partial charge in [-0.05, 0) is 56.2 Å². The molecule has 0 aliphatic heterocycles. The van der Waals surface area contributed by atoms with Gasteiger partial charge in [0.05, 0.1) is 18.6 Å². The van der Waals surface area contributed by atoms with Crippen LogP contribution in [-0.4, -0.2) is 28.2 Å². The molecule has 1 heterocycles. The Labute approximate surface area is 158 Å². The molecule has 1 N–H and O–H groups in total. The summed E-state index contributed by atoms with van der Waals surface area (Å²) in [7, 11) is 0. The Morgan fingerprint density at radius 2 is 1.93 bits per heavy atom. The lowest BCUT2D eigenvalue weighted by Gasteiger charge is -2.19. The number of hydrogen-bond donors (Lipinski definition) is 1. The summed E-state index contributed by atoms with van der Waals surface area (Å²) in [5.74, 6) is -0.927. The summed E-state index contributed by atoms with van der Waals surface area (Å²) in [6.07, 6.45) is 9.77. The molecule has 5 heteroatoms. The first-order valence-electron chi connectivity index (χ1n) is 9.13. The summed E-state index contributed by atoms with van der Waals surface area (Å²) in [6, 6.07) is 11.3. The number of carboxylic acids is 1. The third-order valence-electron chi connectivity index (χ3n) is 4.58. The van der Waals surface area contributed by atoms with Crippen molar-refractivity contribution in [3.05, 3.63) is 77.7 Å². The van der Waals surface area contributed by atoms with Crippen LogP contribution in [0.4, 0.5) is 0 Å². The number of ether oxygens (including phenoxy) is 1. The number of esters is 1. The summed E-state index contributed by atoms with van der Waals surface area (Å²) in [4.78, 5) is 22.9. The van der Waals surface area contributed by atoms with Gasteiger partial charge in [-0.2, -0.15) is 0 Å². The Hall–Kier alpha value is -3.08. The maximum Gasteiger partial charge on any atom is 0.338 e. The van der Waals surface area contributed by atoms with Crippen molar-refractivity contribution in [2.75, 3.05) is 6.61 Å². The van der Waals surface area contributed by atoms with Gasteiger partial charge in [-0.15, -0.1) is 0 Å². The molecule has 0 bridgehead atoms. The van der Waals surface area contributed by atoms with Crippen molar-refractivity contribution in [3.63, 3.8) is 0 Å². The minimum absolute atomic E-state index is 0.0742. The molecule has 0 radical (unpaired) electrons. The van der Waals surface area contributed by atoms with Crippen molar-refractivity contribution < 1.29 is 19.4 Å². The molecule has 0 saturated heterocycles. The van der Waals surface area contributed by atoms with Gasteiger partial charge in [0.15, 0.2) is 0 Å². The number of benzene rings is 1. The first-order valence-corrected chi connectivity index (χ1v) is 9.13. The summed E-state index contributed by atoms with van der Waals surface area (Å²) in [5.41, 5.74) is 3.47. The van der Waals surface area contributed by atoms with Gasteiger partial charge < -0.3 is 14.4 Å². The first-order chi connectivity index (χ1) is 13.1. The number of carbonyl (C=O) groups excluding carboxylic acids is 1. The number of carbonyl (C=O) groups is 2. The van der Waals surface area contributed by atoms with Gasteiger partial charge in [0.2, 0.25) is 0 Å². The fraction of sp³-hybridized carbons (Fsp3) is 0.273. The summed E-state index contributed by atoms with van der Waals surface area (Å²) in [5, 5.41) is 9.06. The van der Waals surface area contributed by atoms with E-state index >= 15 is 0 Å². The minimum Gasteiger partial charge on any atom is -0.481 e. The van der Waals surface area contributed by atoms with Gasteiger partial charge in [-0.1, -0.05) is 24.3 Å². The molecule has 140 valence electrons. The zero-order valence-electron chi connectivity index (χ0n) is 15.3. The van der Waals surface area contributed by atoms with Crippen molar-refractivity contribution in [2.24, 2.45) is 0 Å². The highest BCUT2D eigenvalue weighted by atomic mass is 16.5. The number of aliphatic carboxylic acids is 1. The van der Waals surface area contributed by atoms with Crippen molar-refractivity contribution in [1.82, 2.24) is 4.57 Å². The van der Waals surface area contributed by atoms with Crippen LogP contribution in [0, 0.1) is 0 Å². The van der Waals surface area contributed by atoms with Crippen LogP contribution < -0.4 is 0 Å². The highest BCUT2D eigenvalue weighted by Crippen LogP contribution is 2.30. The summed E-state index contributed by atoms with van der Waals surface area (Å²) < 4.78 is 7.14. The van der Waals surface area contributed by atoms with Crippen LogP contribution in [0.3, 0.4) is 0 Å². The number of rotatable bonds is 7. The van der Waals surface area contributed by atoms with E-state index in [1.807, 2.05) is 30.4 Å². The average molecular weight is 365 g/mol. The summed E-state index contributed by atoms with van der Waals surface area (Å²) in [6.45, 7) is 2.11. The van der Waals surface area contributed by atoms with Crippen molar-refractivity contribution in [3.8, 4) is 5.69 Å². The van der Waals surface area contributed by atoms with E-state index in [0.717, 1.165) is 23.5 Å². The largest absolute Gasteiger partial charge is 0.481 e. The fourth-order valence-corrected chi connectivity index (χ4v) is 3.29. The average Bonchev–Trinajstić information content (AvgIpc) is 3.11. The maximum atomic E-state index is 11.9. The molecule has 1 atom stereocenters. The molecule has 5 nitrogen and oxygen atoms in total. The van der Waals surface area contributed by atoms with Gasteiger partial charge >= 0.3 is 11.9 Å². The molecule has 2 aromatic rings. The molecule has 1 aromatic carbocycles.